The maximum Gasteiger partial charge on any atom is 0.412 e. The maximum absolute atomic E-state index is 11.6. The van der Waals surface area contributed by atoms with Crippen LogP contribution in [0.3, 0.4) is 0 Å². The van der Waals surface area contributed by atoms with Crippen LogP contribution in [0.4, 0.5) is 15.3 Å². The van der Waals surface area contributed by atoms with Crippen LogP contribution in [-0.4, -0.2) is 96.2 Å². The molecule has 0 saturated heterocycles. The molecule has 5 fully saturated rings. The van der Waals surface area contributed by atoms with Crippen LogP contribution in [0.1, 0.15) is 203 Å². The van der Waals surface area contributed by atoms with Gasteiger partial charge in [0.1, 0.15) is 22.7 Å². The van der Waals surface area contributed by atoms with E-state index in [0.29, 0.717) is 53.7 Å². The van der Waals surface area contributed by atoms with E-state index in [2.05, 4.69) is 109 Å². The first kappa shape index (κ1) is 102. The Morgan fingerprint density at radius 3 is 0.844 bits per heavy atom. The predicted molar refractivity (Wildman–Crippen MR) is 502 cm³/mol. The fraction of sp³-hybridized carbons (Fsp3) is 0.330. The number of hydrogen-bond acceptors (Lipinski definition) is 15. The van der Waals surface area contributed by atoms with Gasteiger partial charge in [0.2, 0.25) is 0 Å². The van der Waals surface area contributed by atoms with Crippen molar-refractivity contribution in [2.45, 2.75) is 170 Å². The second-order valence-electron chi connectivity index (χ2n) is 31.7. The molecule has 0 bridgehead atoms. The third-order valence-corrected chi connectivity index (χ3v) is 21.1. The van der Waals surface area contributed by atoms with Gasteiger partial charge in [0.25, 0.3) is 0 Å². The average Bonchev–Trinajstić information content (AvgIpc) is 1.73. The molecule has 0 atom stereocenters. The third-order valence-electron chi connectivity index (χ3n) is 18.4. The van der Waals surface area contributed by atoms with Crippen LogP contribution in [0.5, 0.6) is 11.5 Å². The van der Waals surface area contributed by atoms with E-state index in [1.165, 1.54) is 16.7 Å². The molecule has 0 heterocycles. The van der Waals surface area contributed by atoms with Crippen molar-refractivity contribution in [1.82, 2.24) is 5.32 Å². The van der Waals surface area contributed by atoms with Crippen molar-refractivity contribution in [2.75, 3.05) is 18.5 Å². The van der Waals surface area contributed by atoms with E-state index >= 15 is 0 Å². The van der Waals surface area contributed by atoms with E-state index in [-0.39, 0.29) is 61.4 Å². The predicted octanol–water partition coefficient (Wildman–Crippen LogP) is 24.3. The van der Waals surface area contributed by atoms with Crippen molar-refractivity contribution in [3.8, 4) is 11.5 Å². The number of aliphatic hydroxyl groups excluding tert-OH is 4. The molecular formula is C100H113Br5N2O15. The molecule has 0 radical (unpaired) electrons. The Hall–Kier alpha value is -9.07. The Bertz CT molecular complexity index is 4660. The van der Waals surface area contributed by atoms with E-state index in [0.717, 1.165) is 149 Å². The highest BCUT2D eigenvalue weighted by Gasteiger charge is 2.33. The van der Waals surface area contributed by atoms with Crippen molar-refractivity contribution in [2.24, 2.45) is 29.6 Å². The van der Waals surface area contributed by atoms with Gasteiger partial charge in [-0.2, -0.15) is 0 Å². The first-order valence-electron chi connectivity index (χ1n) is 40.8. The summed E-state index contributed by atoms with van der Waals surface area (Å²) >= 11 is 16.5. The van der Waals surface area contributed by atoms with Gasteiger partial charge in [-0.25, -0.2) is 9.59 Å². The van der Waals surface area contributed by atoms with Crippen LogP contribution in [0.2, 0.25) is 0 Å². The minimum absolute atomic E-state index is 0.0396. The lowest BCUT2D eigenvalue weighted by Crippen LogP contribution is -2.32. The summed E-state index contributed by atoms with van der Waals surface area (Å²) in [6.45, 7) is 16.2. The summed E-state index contributed by atoms with van der Waals surface area (Å²) in [6.07, 6.45) is 12.2. The largest absolute Gasteiger partial charge is 0.508 e. The zero-order valence-electron chi connectivity index (χ0n) is 70.5. The highest BCUT2D eigenvalue weighted by molar-refractivity contribution is 9.11. The van der Waals surface area contributed by atoms with Crippen LogP contribution in [0, 0.1) is 36.5 Å². The van der Waals surface area contributed by atoms with Gasteiger partial charge in [-0.05, 0) is 275 Å². The number of hydrogen-bond donors (Lipinski definition) is 8. The number of aliphatic hydroxyl groups is 4. The number of ether oxygens (including phenoxy) is 2. The van der Waals surface area contributed by atoms with E-state index in [9.17, 15) is 33.6 Å². The number of amides is 2. The first-order valence-corrected chi connectivity index (χ1v) is 44.8. The number of ketones is 5. The van der Waals surface area contributed by atoms with Gasteiger partial charge in [0.15, 0.2) is 28.9 Å². The normalized spacial score (nSPS) is 13.2. The number of halogens is 5. The van der Waals surface area contributed by atoms with Crippen LogP contribution in [-0.2, 0) is 48.5 Å². The summed E-state index contributed by atoms with van der Waals surface area (Å²) in [6, 6.07) is 74.5. The zero-order chi connectivity index (χ0) is 89.3. The van der Waals surface area contributed by atoms with Gasteiger partial charge in [-0.3, -0.25) is 29.3 Å². The molecule has 15 rings (SSSR count). The van der Waals surface area contributed by atoms with Gasteiger partial charge < -0.3 is 45.4 Å². The molecule has 5 saturated carbocycles. The quantitative estimate of drug-likeness (QED) is 0.0329. The fourth-order valence-corrected chi connectivity index (χ4v) is 12.1. The molecule has 2 amide bonds. The summed E-state index contributed by atoms with van der Waals surface area (Å²) in [5, 5.41) is 57.8. The van der Waals surface area contributed by atoms with Crippen LogP contribution < -0.4 is 10.6 Å². The van der Waals surface area contributed by atoms with Crippen molar-refractivity contribution in [3.63, 3.8) is 0 Å². The number of phenolic OH excluding ortho intramolecular Hbond substituents is 2. The molecular weight excluding hydrogens is 1870 g/mol. The summed E-state index contributed by atoms with van der Waals surface area (Å²) < 4.78 is 15.3. The number of anilines is 1. The number of alkyl carbamates (subject to hydrolysis) is 1. The summed E-state index contributed by atoms with van der Waals surface area (Å²) in [7, 11) is 0. The van der Waals surface area contributed by atoms with E-state index in [4.69, 9.17) is 40.1 Å². The molecule has 17 nitrogen and oxygen atoms in total. The van der Waals surface area contributed by atoms with Crippen molar-refractivity contribution < 1.29 is 73.7 Å². The highest BCUT2D eigenvalue weighted by atomic mass is 79.9. The molecule has 10 aromatic carbocycles. The lowest BCUT2D eigenvalue weighted by atomic mass is 10.0. The number of rotatable bonds is 20. The number of Topliss-reactive ketones (excluding diaryl/α,β-unsaturated/α-hetero) is 5. The van der Waals surface area contributed by atoms with Crippen LogP contribution in [0.15, 0.2) is 265 Å². The number of benzene rings is 10. The monoisotopic (exact) mass is 1980 g/mol. The summed E-state index contributed by atoms with van der Waals surface area (Å²) in [5.74, 6) is 3.43. The second-order valence-corrected chi connectivity index (χ2v) is 36.2. The molecule has 0 aromatic heterocycles. The second kappa shape index (κ2) is 53.2. The lowest BCUT2D eigenvalue weighted by molar-refractivity contribution is 0.0521. The average molecular weight is 1980 g/mol. The standard InChI is InChI=1S/C12H16BrNO2.C12H14O2.C12H14O.C11H14BrNO2.C11H12O2.C11H12O.C10H10O2.C8H9BrO.C7H7BrO.C6H5BrO/c1-12(2,3)16-11(15)14-8-9-4-6-10(13)7-5-9;13-8-7-9-1-3-10(4-2-9)12(14)11-5-6-11;1-2-9-3-5-10(6-4-9)12(13)11-7-8-11;1-11(2,3)15-10(14)13-9-6-4-8(12)5-7-9;12-7-8-1-3-9(4-2-8)11(13)10-5-6-10;1-8-2-4-9(5-3-8)11(12)10-6-7-10;11-9-5-3-8(4-6-9)10(12)7-1-2-7;9-8-3-1-7(2-4-8)5-6-10;8-7-3-1-6(5-9)2-4-7;7-5-1-3-6(8)4-2-5/h4-7H,8H2,1-3H3,(H,14,15);1-4,11,13H,5-8H2;3-6,11H,2,7-8H2,1H3;4-7H,1-3H3,(H,13,14);1-4,10,12H,5-7H2;2-5,10H,6-7H2,1H3;3-7,11H,1-2H2;1-4,10H,5-6H2;1-4,9H,5H2;1-4,8H. The Kier molecular flexibility index (Phi) is 44.3. The fourth-order valence-electron chi connectivity index (χ4n) is 10.7. The molecule has 122 heavy (non-hydrogen) atoms. The topological polar surface area (TPSA) is 283 Å². The minimum Gasteiger partial charge on any atom is -0.508 e. The Balaban J connectivity index is 0.000000211. The Morgan fingerprint density at radius 2 is 0.566 bits per heavy atom. The summed E-state index contributed by atoms with van der Waals surface area (Å²) in [4.78, 5) is 80.5. The van der Waals surface area contributed by atoms with Gasteiger partial charge in [-0.15, -0.1) is 0 Å². The van der Waals surface area contributed by atoms with Gasteiger partial charge in [0, 0.05) is 105 Å². The lowest BCUT2D eigenvalue weighted by Gasteiger charge is -2.19. The molecule has 8 N–H and O–H groups in total. The highest BCUT2D eigenvalue weighted by Crippen LogP contribution is 2.36. The number of aromatic hydroxyl groups is 2. The first-order chi connectivity index (χ1) is 58.1. The number of carbonyl (C=O) groups is 7. The molecule has 648 valence electrons. The maximum atomic E-state index is 11.6. The number of nitrogens with one attached hydrogen (secondary N) is 2. The molecule has 0 unspecified atom stereocenters. The molecule has 5 aliphatic rings. The van der Waals surface area contributed by atoms with E-state index < -0.39 is 23.4 Å². The Labute approximate surface area is 760 Å². The van der Waals surface area contributed by atoms with E-state index in [1.54, 1.807) is 84.9 Å². The zero-order valence-corrected chi connectivity index (χ0v) is 78.4. The van der Waals surface area contributed by atoms with Gasteiger partial charge in [0.05, 0.1) is 13.2 Å². The van der Waals surface area contributed by atoms with Gasteiger partial charge in [-0.1, -0.05) is 226 Å². The number of phenols is 2. The van der Waals surface area contributed by atoms with Crippen molar-refractivity contribution >= 4 is 126 Å². The molecule has 0 aliphatic heterocycles. The Morgan fingerprint density at radius 1 is 0.328 bits per heavy atom. The van der Waals surface area contributed by atoms with Crippen LogP contribution in [0.25, 0.3) is 0 Å². The number of aryl methyl sites for hydroxylation is 2. The molecule has 5 aliphatic carbocycles. The van der Waals surface area contributed by atoms with Crippen molar-refractivity contribution in [1.29, 1.82) is 0 Å². The third kappa shape index (κ3) is 42.8. The minimum atomic E-state index is -0.473. The van der Waals surface area contributed by atoms with Crippen LogP contribution >= 0.6 is 79.6 Å². The summed E-state index contributed by atoms with van der Waals surface area (Å²) in [5.41, 5.74) is 11.5. The number of carbonyl (C=O) groups excluding carboxylic acids is 7. The van der Waals surface area contributed by atoms with Crippen molar-refractivity contribution in [3.05, 3.63) is 332 Å². The molecule has 0 spiro atoms. The van der Waals surface area contributed by atoms with E-state index in [1.807, 2.05) is 194 Å². The molecule has 10 aromatic rings. The van der Waals surface area contributed by atoms with Gasteiger partial charge >= 0.3 is 12.2 Å². The smallest absolute Gasteiger partial charge is 0.412 e. The molecule has 22 heteroatoms. The SMILES string of the molecule is CC(C)(C)OC(=O)NCc1ccc(Br)cc1.CC(C)(C)OC(=O)Nc1ccc(Br)cc1.CCc1ccc(C(=O)C2CC2)cc1.Cc1ccc(C(=O)C2CC2)cc1.O=C(c1ccc(CCO)cc1)C1CC1.O=C(c1ccc(CO)cc1)C1CC1.O=C(c1ccc(O)cc1)C1CC1.OCCc1ccc(Br)cc1.OCc1ccc(Br)cc1.Oc1ccc(Br)cc1.